The summed E-state index contributed by atoms with van der Waals surface area (Å²) in [5.41, 5.74) is 3.06. The minimum absolute atomic E-state index is 0.00920. The number of aromatic amines is 1. The van der Waals surface area contributed by atoms with Gasteiger partial charge in [0.05, 0.1) is 23.8 Å². The largest absolute Gasteiger partial charge is 0.483 e. The number of fused-ring (bicyclic) bond motifs is 2. The highest BCUT2D eigenvalue weighted by atomic mass is 16.5. The Labute approximate surface area is 190 Å². The lowest BCUT2D eigenvalue weighted by Crippen LogP contribution is -2.52. The Morgan fingerprint density at radius 1 is 1.12 bits per heavy atom. The summed E-state index contributed by atoms with van der Waals surface area (Å²) in [6.07, 6.45) is 3.27. The molecule has 1 saturated heterocycles. The number of aromatic nitrogens is 4. The first-order valence-corrected chi connectivity index (χ1v) is 11.1. The predicted molar refractivity (Wildman–Crippen MR) is 122 cm³/mol. The molecule has 8 nitrogen and oxygen atoms in total. The van der Waals surface area contributed by atoms with Crippen molar-refractivity contribution in [3.63, 3.8) is 0 Å². The van der Waals surface area contributed by atoms with E-state index in [1.165, 1.54) is 0 Å². The number of carbonyl (C=O) groups is 2. The lowest BCUT2D eigenvalue weighted by atomic mass is 9.83. The van der Waals surface area contributed by atoms with Gasteiger partial charge in [0.2, 0.25) is 0 Å². The molecule has 4 heterocycles. The summed E-state index contributed by atoms with van der Waals surface area (Å²) in [4.78, 5) is 27.9. The molecule has 8 heteroatoms. The number of piperidine rings is 1. The molecule has 1 N–H and O–H groups in total. The average molecular weight is 441 g/mol. The number of aryl methyl sites for hydroxylation is 1. The maximum absolute atomic E-state index is 13.1. The van der Waals surface area contributed by atoms with Gasteiger partial charge < -0.3 is 9.64 Å². The Morgan fingerprint density at radius 2 is 1.91 bits per heavy atom. The van der Waals surface area contributed by atoms with Crippen LogP contribution < -0.4 is 4.74 Å². The van der Waals surface area contributed by atoms with Crippen LogP contribution in [0.5, 0.6) is 5.75 Å². The quantitative estimate of drug-likeness (QED) is 0.512. The average Bonchev–Trinajstić information content (AvgIpc) is 3.43. The van der Waals surface area contributed by atoms with Crippen LogP contribution >= 0.6 is 0 Å². The van der Waals surface area contributed by atoms with Crippen molar-refractivity contribution in [2.75, 3.05) is 13.1 Å². The Kier molecular flexibility index (Phi) is 4.36. The zero-order valence-electron chi connectivity index (χ0n) is 18.2. The first kappa shape index (κ1) is 19.7. The number of nitrogens with zero attached hydrogens (tertiary/aromatic N) is 4. The maximum atomic E-state index is 13.1. The standard InChI is InChI=1S/C25H23N5O3/c1-16-19-8-7-17(13-20(19)27-26-16)24(32)29-11-9-25(10-12-29)14-21(31)23-22(33-25)15-30(28-23)18-5-3-2-4-6-18/h2-8,13,15H,9-12,14H2,1H3,(H,26,27). The zero-order chi connectivity index (χ0) is 22.6. The number of para-hydroxylation sites is 1. The molecule has 1 fully saturated rings. The van der Waals surface area contributed by atoms with Crippen molar-refractivity contribution in [1.82, 2.24) is 24.9 Å². The van der Waals surface area contributed by atoms with Crippen molar-refractivity contribution in [3.05, 3.63) is 71.7 Å². The molecule has 0 saturated carbocycles. The third-order valence-electron chi connectivity index (χ3n) is 6.73. The van der Waals surface area contributed by atoms with Crippen molar-refractivity contribution in [2.45, 2.75) is 31.8 Å². The molecule has 2 aromatic heterocycles. The first-order chi connectivity index (χ1) is 16.0. The van der Waals surface area contributed by atoms with Gasteiger partial charge in [-0.3, -0.25) is 14.7 Å². The van der Waals surface area contributed by atoms with Gasteiger partial charge in [0.1, 0.15) is 5.60 Å². The van der Waals surface area contributed by atoms with Crippen LogP contribution in [0.4, 0.5) is 0 Å². The normalized spacial score (nSPS) is 17.2. The summed E-state index contributed by atoms with van der Waals surface area (Å²) in [5, 5.41) is 12.7. The Hall–Kier alpha value is -3.94. The van der Waals surface area contributed by atoms with Crippen LogP contribution in [0.25, 0.3) is 16.6 Å². The van der Waals surface area contributed by atoms with Crippen LogP contribution in [0.2, 0.25) is 0 Å². The fourth-order valence-corrected chi connectivity index (χ4v) is 4.84. The third kappa shape index (κ3) is 3.29. The second-order valence-corrected chi connectivity index (χ2v) is 8.88. The van der Waals surface area contributed by atoms with Gasteiger partial charge in [-0.25, -0.2) is 4.68 Å². The van der Waals surface area contributed by atoms with E-state index in [-0.39, 0.29) is 18.1 Å². The fourth-order valence-electron chi connectivity index (χ4n) is 4.84. The lowest BCUT2D eigenvalue weighted by Gasteiger charge is -2.43. The first-order valence-electron chi connectivity index (χ1n) is 11.1. The molecule has 2 aromatic carbocycles. The number of carbonyl (C=O) groups excluding carboxylic acids is 2. The summed E-state index contributed by atoms with van der Waals surface area (Å²) in [6.45, 7) is 3.03. The molecule has 33 heavy (non-hydrogen) atoms. The van der Waals surface area contributed by atoms with E-state index in [0.29, 0.717) is 42.9 Å². The van der Waals surface area contributed by atoms with Gasteiger partial charge in [0.25, 0.3) is 5.91 Å². The third-order valence-corrected chi connectivity index (χ3v) is 6.73. The van der Waals surface area contributed by atoms with E-state index in [1.54, 1.807) is 10.9 Å². The molecule has 1 spiro atoms. The molecular formula is C25H23N5O3. The van der Waals surface area contributed by atoms with Crippen LogP contribution in [0.1, 0.15) is 45.8 Å². The number of hydrogen-bond donors (Lipinski definition) is 1. The van der Waals surface area contributed by atoms with Crippen LogP contribution in [0, 0.1) is 6.92 Å². The number of nitrogens with one attached hydrogen (secondary N) is 1. The Morgan fingerprint density at radius 3 is 2.70 bits per heavy atom. The van der Waals surface area contributed by atoms with Gasteiger partial charge in [-0.1, -0.05) is 24.3 Å². The van der Waals surface area contributed by atoms with E-state index in [1.807, 2.05) is 60.4 Å². The van der Waals surface area contributed by atoms with E-state index < -0.39 is 5.60 Å². The zero-order valence-corrected chi connectivity index (χ0v) is 18.2. The van der Waals surface area contributed by atoms with Crippen LogP contribution in [-0.4, -0.2) is 55.3 Å². The highest BCUT2D eigenvalue weighted by Gasteiger charge is 2.45. The van der Waals surface area contributed by atoms with Gasteiger partial charge >= 0.3 is 0 Å². The van der Waals surface area contributed by atoms with E-state index in [2.05, 4.69) is 15.3 Å². The van der Waals surface area contributed by atoms with Crippen molar-refractivity contribution >= 4 is 22.6 Å². The Bertz CT molecular complexity index is 1380. The molecule has 6 rings (SSSR count). The van der Waals surface area contributed by atoms with Gasteiger partial charge in [0, 0.05) is 42.6 Å². The molecule has 0 bridgehead atoms. The number of Topliss-reactive ketones (excluding diaryl/α,β-unsaturated/α-hetero) is 1. The predicted octanol–water partition coefficient (Wildman–Crippen LogP) is 3.70. The smallest absolute Gasteiger partial charge is 0.253 e. The van der Waals surface area contributed by atoms with Crippen LogP contribution in [0.15, 0.2) is 54.7 Å². The number of benzene rings is 2. The monoisotopic (exact) mass is 441 g/mol. The summed E-state index contributed by atoms with van der Waals surface area (Å²) >= 11 is 0. The maximum Gasteiger partial charge on any atom is 0.253 e. The van der Waals surface area contributed by atoms with E-state index >= 15 is 0 Å². The molecule has 1 amide bonds. The van der Waals surface area contributed by atoms with E-state index in [4.69, 9.17) is 4.74 Å². The SMILES string of the molecule is Cc1[nH]nc2cc(C(=O)N3CCC4(CC3)CC(=O)c3nn(-c5ccccc5)cc3O4)ccc12. The molecule has 0 atom stereocenters. The van der Waals surface area contributed by atoms with Gasteiger partial charge in [-0.15, -0.1) is 0 Å². The van der Waals surface area contributed by atoms with Crippen molar-refractivity contribution in [3.8, 4) is 11.4 Å². The van der Waals surface area contributed by atoms with Crippen molar-refractivity contribution in [1.29, 1.82) is 0 Å². The molecule has 2 aliphatic heterocycles. The van der Waals surface area contributed by atoms with Crippen molar-refractivity contribution in [2.24, 2.45) is 0 Å². The highest BCUT2D eigenvalue weighted by Crippen LogP contribution is 2.39. The topological polar surface area (TPSA) is 93.1 Å². The lowest BCUT2D eigenvalue weighted by molar-refractivity contribution is -0.00582. The van der Waals surface area contributed by atoms with E-state index in [0.717, 1.165) is 22.3 Å². The minimum atomic E-state index is -0.589. The number of ketones is 1. The summed E-state index contributed by atoms with van der Waals surface area (Å²) < 4.78 is 8.06. The number of rotatable bonds is 2. The van der Waals surface area contributed by atoms with E-state index in [9.17, 15) is 9.59 Å². The summed E-state index contributed by atoms with van der Waals surface area (Å²) in [6, 6.07) is 15.3. The van der Waals surface area contributed by atoms with Crippen molar-refractivity contribution < 1.29 is 14.3 Å². The number of ether oxygens (including phenoxy) is 1. The molecular weight excluding hydrogens is 418 g/mol. The second-order valence-electron chi connectivity index (χ2n) is 8.88. The van der Waals surface area contributed by atoms with Crippen LogP contribution in [-0.2, 0) is 0 Å². The van der Waals surface area contributed by atoms with Gasteiger partial charge in [0.15, 0.2) is 17.2 Å². The fraction of sp³-hybridized carbons (Fsp3) is 0.280. The van der Waals surface area contributed by atoms with Gasteiger partial charge in [-0.05, 0) is 31.2 Å². The Balaban J connectivity index is 1.19. The summed E-state index contributed by atoms with van der Waals surface area (Å²) in [5.74, 6) is 0.492. The number of likely N-dealkylation sites (tertiary alicyclic amines) is 1. The summed E-state index contributed by atoms with van der Waals surface area (Å²) in [7, 11) is 0. The highest BCUT2D eigenvalue weighted by molar-refractivity contribution is 5.99. The van der Waals surface area contributed by atoms with Crippen LogP contribution in [0.3, 0.4) is 0 Å². The minimum Gasteiger partial charge on any atom is -0.483 e. The number of amides is 1. The van der Waals surface area contributed by atoms with Gasteiger partial charge in [-0.2, -0.15) is 10.2 Å². The molecule has 0 aliphatic carbocycles. The molecule has 2 aliphatic rings. The molecule has 4 aromatic rings. The molecule has 0 radical (unpaired) electrons. The molecule has 166 valence electrons. The number of hydrogen-bond acceptors (Lipinski definition) is 5. The second kappa shape index (κ2) is 7.30. The number of H-pyrrole nitrogens is 1. The molecule has 0 unspecified atom stereocenters.